The Balaban J connectivity index is 1.79. The standard InChI is InChI=1S/C22H22BrNO/c1-15(16-6-4-3-5-7-16)24-20-11-8-17-14-18(23)9-10-19(17)22(20,2)13-12-21(24)25/h3-7,9-11,14-15H,8,12-13H2,1-2H3/t15-,22-/m1/s1. The summed E-state index contributed by atoms with van der Waals surface area (Å²) in [6.45, 7) is 4.43. The van der Waals surface area contributed by atoms with Crippen LogP contribution in [0.15, 0.2) is 64.8 Å². The Labute approximate surface area is 157 Å². The molecule has 2 atom stereocenters. The van der Waals surface area contributed by atoms with Crippen molar-refractivity contribution in [2.45, 2.75) is 44.6 Å². The SMILES string of the molecule is C[C@H](c1ccccc1)N1C(=O)CC[C@@]2(C)C1=CCc1cc(Br)ccc12. The molecule has 3 heteroatoms. The van der Waals surface area contributed by atoms with Crippen molar-refractivity contribution in [3.8, 4) is 0 Å². The van der Waals surface area contributed by atoms with Gasteiger partial charge in [-0.15, -0.1) is 0 Å². The number of likely N-dealkylation sites (tertiary alicyclic amines) is 1. The third-order valence-corrected chi connectivity index (χ3v) is 6.27. The molecule has 1 saturated heterocycles. The van der Waals surface area contributed by atoms with E-state index in [-0.39, 0.29) is 17.4 Å². The topological polar surface area (TPSA) is 20.3 Å². The lowest BCUT2D eigenvalue weighted by Crippen LogP contribution is -2.47. The van der Waals surface area contributed by atoms with Gasteiger partial charge in [-0.25, -0.2) is 0 Å². The van der Waals surface area contributed by atoms with E-state index in [9.17, 15) is 4.79 Å². The lowest BCUT2D eigenvalue weighted by atomic mass is 9.67. The van der Waals surface area contributed by atoms with Crippen LogP contribution >= 0.6 is 15.9 Å². The zero-order valence-electron chi connectivity index (χ0n) is 14.6. The molecule has 0 aromatic heterocycles. The van der Waals surface area contributed by atoms with Gasteiger partial charge < -0.3 is 4.90 Å². The molecule has 2 nitrogen and oxygen atoms in total. The summed E-state index contributed by atoms with van der Waals surface area (Å²) < 4.78 is 1.12. The summed E-state index contributed by atoms with van der Waals surface area (Å²) in [6, 6.07) is 16.9. The minimum atomic E-state index is -0.0920. The minimum absolute atomic E-state index is 0.0524. The number of benzene rings is 2. The van der Waals surface area contributed by atoms with Gasteiger partial charge in [-0.05, 0) is 55.5 Å². The fraction of sp³-hybridized carbons (Fsp3) is 0.318. The average molecular weight is 396 g/mol. The predicted molar refractivity (Wildman–Crippen MR) is 104 cm³/mol. The highest BCUT2D eigenvalue weighted by Gasteiger charge is 2.45. The molecule has 1 amide bonds. The molecule has 0 spiro atoms. The summed E-state index contributed by atoms with van der Waals surface area (Å²) in [5, 5.41) is 0. The summed E-state index contributed by atoms with van der Waals surface area (Å²) in [5.41, 5.74) is 5.00. The zero-order valence-corrected chi connectivity index (χ0v) is 16.2. The van der Waals surface area contributed by atoms with E-state index in [1.165, 1.54) is 22.4 Å². The van der Waals surface area contributed by atoms with Crippen LogP contribution in [0.1, 0.15) is 49.4 Å². The minimum Gasteiger partial charge on any atom is -0.308 e. The van der Waals surface area contributed by atoms with E-state index in [2.05, 4.69) is 66.2 Å². The Morgan fingerprint density at radius 3 is 2.68 bits per heavy atom. The molecule has 1 aliphatic carbocycles. The number of carbonyl (C=O) groups excluding carboxylic acids is 1. The van der Waals surface area contributed by atoms with Crippen LogP contribution in [0.4, 0.5) is 0 Å². The molecule has 0 radical (unpaired) electrons. The van der Waals surface area contributed by atoms with Gasteiger partial charge in [0, 0.05) is 22.0 Å². The quantitative estimate of drug-likeness (QED) is 0.654. The van der Waals surface area contributed by atoms with Crippen molar-refractivity contribution in [2.75, 3.05) is 0 Å². The van der Waals surface area contributed by atoms with Crippen molar-refractivity contribution < 1.29 is 4.79 Å². The molecular formula is C22H22BrNO. The van der Waals surface area contributed by atoms with Gasteiger partial charge in [-0.2, -0.15) is 0 Å². The van der Waals surface area contributed by atoms with Crippen molar-refractivity contribution in [2.24, 2.45) is 0 Å². The number of nitrogens with zero attached hydrogens (tertiary/aromatic N) is 1. The van der Waals surface area contributed by atoms with Gasteiger partial charge in [-0.1, -0.05) is 58.4 Å². The van der Waals surface area contributed by atoms with Crippen LogP contribution in [0.3, 0.4) is 0 Å². The average Bonchev–Trinajstić information content (AvgIpc) is 2.62. The summed E-state index contributed by atoms with van der Waals surface area (Å²) in [4.78, 5) is 14.9. The van der Waals surface area contributed by atoms with Gasteiger partial charge in [0.15, 0.2) is 0 Å². The van der Waals surface area contributed by atoms with Crippen LogP contribution < -0.4 is 0 Å². The predicted octanol–water partition coefficient (Wildman–Crippen LogP) is 5.53. The second-order valence-electron chi connectivity index (χ2n) is 7.28. The van der Waals surface area contributed by atoms with E-state index in [0.29, 0.717) is 6.42 Å². The maximum Gasteiger partial charge on any atom is 0.227 e. The Morgan fingerprint density at radius 2 is 1.92 bits per heavy atom. The first-order valence-corrected chi connectivity index (χ1v) is 9.66. The number of hydrogen-bond acceptors (Lipinski definition) is 1. The van der Waals surface area contributed by atoms with Crippen molar-refractivity contribution in [1.82, 2.24) is 4.90 Å². The van der Waals surface area contributed by atoms with Crippen LogP contribution in [-0.2, 0) is 16.6 Å². The molecule has 1 fully saturated rings. The summed E-state index contributed by atoms with van der Waals surface area (Å²) >= 11 is 3.59. The van der Waals surface area contributed by atoms with Crippen molar-refractivity contribution in [1.29, 1.82) is 0 Å². The molecule has 4 rings (SSSR count). The molecule has 0 unspecified atom stereocenters. The van der Waals surface area contributed by atoms with Gasteiger partial charge in [0.1, 0.15) is 0 Å². The molecule has 25 heavy (non-hydrogen) atoms. The van der Waals surface area contributed by atoms with E-state index in [1.807, 2.05) is 23.1 Å². The number of carbonyl (C=O) groups is 1. The molecule has 0 saturated carbocycles. The van der Waals surface area contributed by atoms with E-state index in [1.54, 1.807) is 0 Å². The third-order valence-electron chi connectivity index (χ3n) is 5.78. The first-order valence-electron chi connectivity index (χ1n) is 8.87. The molecule has 1 aliphatic heterocycles. The highest BCUT2D eigenvalue weighted by molar-refractivity contribution is 9.10. The second-order valence-corrected chi connectivity index (χ2v) is 8.19. The number of allylic oxidation sites excluding steroid dienone is 2. The smallest absolute Gasteiger partial charge is 0.227 e. The van der Waals surface area contributed by atoms with Crippen LogP contribution in [0, 0.1) is 0 Å². The maximum absolute atomic E-state index is 12.8. The van der Waals surface area contributed by atoms with E-state index < -0.39 is 0 Å². The van der Waals surface area contributed by atoms with Crippen LogP contribution in [0.25, 0.3) is 0 Å². The number of hydrogen-bond donors (Lipinski definition) is 0. The zero-order chi connectivity index (χ0) is 17.6. The maximum atomic E-state index is 12.8. The van der Waals surface area contributed by atoms with E-state index in [4.69, 9.17) is 0 Å². The molecule has 0 N–H and O–H groups in total. The van der Waals surface area contributed by atoms with Gasteiger partial charge in [0.05, 0.1) is 6.04 Å². The fourth-order valence-corrected chi connectivity index (χ4v) is 4.79. The van der Waals surface area contributed by atoms with Gasteiger partial charge in [0.2, 0.25) is 5.91 Å². The first kappa shape index (κ1) is 16.6. The van der Waals surface area contributed by atoms with Crippen LogP contribution in [0.5, 0.6) is 0 Å². The molecule has 2 aromatic rings. The van der Waals surface area contributed by atoms with Gasteiger partial charge in [-0.3, -0.25) is 4.79 Å². The van der Waals surface area contributed by atoms with E-state index >= 15 is 0 Å². The summed E-state index contributed by atoms with van der Waals surface area (Å²) in [7, 11) is 0. The first-order chi connectivity index (χ1) is 12.0. The Hall–Kier alpha value is -1.87. The number of rotatable bonds is 2. The molecular weight excluding hydrogens is 374 g/mol. The van der Waals surface area contributed by atoms with E-state index in [0.717, 1.165) is 17.3 Å². The summed E-state index contributed by atoms with van der Waals surface area (Å²) in [5.74, 6) is 0.237. The summed E-state index contributed by atoms with van der Waals surface area (Å²) in [6.07, 6.45) is 4.63. The largest absolute Gasteiger partial charge is 0.308 e. The lowest BCUT2D eigenvalue weighted by Gasteiger charge is -2.48. The number of halogens is 1. The van der Waals surface area contributed by atoms with Gasteiger partial charge >= 0.3 is 0 Å². The highest BCUT2D eigenvalue weighted by atomic mass is 79.9. The molecule has 2 aromatic carbocycles. The fourth-order valence-electron chi connectivity index (χ4n) is 4.38. The Morgan fingerprint density at radius 1 is 1.16 bits per heavy atom. The Bertz CT molecular complexity index is 858. The molecule has 1 heterocycles. The Kier molecular flexibility index (Phi) is 4.07. The normalized spacial score (nSPS) is 23.6. The monoisotopic (exact) mass is 395 g/mol. The highest BCUT2D eigenvalue weighted by Crippen LogP contribution is 2.49. The van der Waals surface area contributed by atoms with Crippen LogP contribution in [0.2, 0.25) is 0 Å². The second kappa shape index (κ2) is 6.14. The number of fused-ring (bicyclic) bond motifs is 3. The van der Waals surface area contributed by atoms with Crippen molar-refractivity contribution >= 4 is 21.8 Å². The van der Waals surface area contributed by atoms with Crippen LogP contribution in [-0.4, -0.2) is 10.8 Å². The van der Waals surface area contributed by atoms with Crippen molar-refractivity contribution in [3.05, 3.63) is 81.5 Å². The molecule has 2 aliphatic rings. The molecule has 128 valence electrons. The number of piperidine rings is 1. The number of amides is 1. The molecule has 0 bridgehead atoms. The third kappa shape index (κ3) is 2.65. The van der Waals surface area contributed by atoms with Gasteiger partial charge in [0.25, 0.3) is 0 Å². The van der Waals surface area contributed by atoms with Crippen molar-refractivity contribution in [3.63, 3.8) is 0 Å². The lowest BCUT2D eigenvalue weighted by molar-refractivity contribution is -0.134.